The van der Waals surface area contributed by atoms with E-state index in [2.05, 4.69) is 59.2 Å². The van der Waals surface area contributed by atoms with Gasteiger partial charge >= 0.3 is 6.09 Å². The van der Waals surface area contributed by atoms with Crippen molar-refractivity contribution in [3.8, 4) is 0 Å². The maximum atomic E-state index is 11.6. The van der Waals surface area contributed by atoms with E-state index < -0.39 is 11.7 Å². The monoisotopic (exact) mass is 484 g/mol. The van der Waals surface area contributed by atoms with E-state index in [0.29, 0.717) is 18.1 Å². The van der Waals surface area contributed by atoms with Gasteiger partial charge in [-0.15, -0.1) is 0 Å². The number of ether oxygens (including phenoxy) is 1. The highest BCUT2D eigenvalue weighted by Gasteiger charge is 2.35. The number of nitrogens with one attached hydrogen (secondary N) is 2. The van der Waals surface area contributed by atoms with Gasteiger partial charge in [-0.1, -0.05) is 31.0 Å². The molecule has 2 aromatic heterocycles. The van der Waals surface area contributed by atoms with Crippen LogP contribution in [0.4, 0.5) is 16.4 Å². The highest BCUT2D eigenvalue weighted by atomic mass is 16.6. The second-order valence-corrected chi connectivity index (χ2v) is 11.3. The van der Waals surface area contributed by atoms with Crippen LogP contribution in [0.1, 0.15) is 85.5 Å². The second-order valence-electron chi connectivity index (χ2n) is 11.3. The fourth-order valence-corrected chi connectivity index (χ4v) is 4.07. The fraction of sp³-hybridized carbons (Fsp3) is 0.615. The van der Waals surface area contributed by atoms with E-state index in [9.17, 15) is 4.79 Å². The summed E-state index contributed by atoms with van der Waals surface area (Å²) in [5.41, 5.74) is 1.22. The molecule has 1 aliphatic rings. The molecule has 0 aromatic carbocycles. The molecule has 9 heteroatoms. The van der Waals surface area contributed by atoms with Crippen molar-refractivity contribution in [3.63, 3.8) is 0 Å². The lowest BCUT2D eigenvalue weighted by atomic mass is 9.85. The Morgan fingerprint density at radius 2 is 1.91 bits per heavy atom. The van der Waals surface area contributed by atoms with Gasteiger partial charge in [0.1, 0.15) is 23.8 Å². The van der Waals surface area contributed by atoms with Crippen LogP contribution in [0, 0.1) is 0 Å². The van der Waals surface area contributed by atoms with Gasteiger partial charge in [-0.3, -0.25) is 0 Å². The highest BCUT2D eigenvalue weighted by molar-refractivity contribution is 5.77. The Kier molecular flexibility index (Phi) is 8.07. The topological polar surface area (TPSA) is 103 Å². The number of pyridine rings is 1. The number of hydrogen-bond donors (Lipinski definition) is 2. The van der Waals surface area contributed by atoms with Gasteiger partial charge in [0, 0.05) is 11.5 Å². The van der Waals surface area contributed by atoms with E-state index in [4.69, 9.17) is 14.7 Å². The van der Waals surface area contributed by atoms with Gasteiger partial charge in [0.25, 0.3) is 0 Å². The predicted molar refractivity (Wildman–Crippen MR) is 138 cm³/mol. The van der Waals surface area contributed by atoms with Crippen LogP contribution >= 0.6 is 0 Å². The van der Waals surface area contributed by atoms with E-state index >= 15 is 0 Å². The number of alkyl carbamates (subject to hydrolysis) is 1. The molecule has 0 aliphatic heterocycles. The number of nitrogens with zero attached hydrogens (tertiary/aromatic N) is 4. The summed E-state index contributed by atoms with van der Waals surface area (Å²) >= 11 is 0. The van der Waals surface area contributed by atoms with Crippen molar-refractivity contribution in [1.29, 1.82) is 0 Å². The minimum absolute atomic E-state index is 0.130. The molecule has 2 N–H and O–H groups in total. The van der Waals surface area contributed by atoms with Crippen LogP contribution < -0.4 is 10.6 Å². The van der Waals surface area contributed by atoms with Crippen LogP contribution in [0.5, 0.6) is 0 Å². The first-order chi connectivity index (χ1) is 16.4. The summed E-state index contributed by atoms with van der Waals surface area (Å²) in [5.74, 6) is 1.63. The Labute approximate surface area is 208 Å². The number of amides is 1. The molecule has 192 valence electrons. The van der Waals surface area contributed by atoms with Crippen LogP contribution in [0.15, 0.2) is 29.4 Å². The van der Waals surface area contributed by atoms with Gasteiger partial charge < -0.3 is 20.2 Å². The molecule has 0 unspecified atom stereocenters. The van der Waals surface area contributed by atoms with Crippen LogP contribution in [-0.4, -0.2) is 45.8 Å². The summed E-state index contributed by atoms with van der Waals surface area (Å²) in [7, 11) is 0. The SMILES string of the molecule is CC(C)(C)OC(=O)NCCO/N=C/c1cccc(Nc2cc(C3(C)CCCC3)nn2C(C)(C)C)n1. The van der Waals surface area contributed by atoms with Crippen molar-refractivity contribution in [1.82, 2.24) is 20.1 Å². The van der Waals surface area contributed by atoms with Crippen molar-refractivity contribution < 1.29 is 14.4 Å². The van der Waals surface area contributed by atoms with E-state index in [-0.39, 0.29) is 17.6 Å². The van der Waals surface area contributed by atoms with Crippen molar-refractivity contribution >= 4 is 23.9 Å². The second kappa shape index (κ2) is 10.7. The number of carbonyl (C=O) groups is 1. The molecule has 2 aromatic rings. The van der Waals surface area contributed by atoms with E-state index in [1.165, 1.54) is 25.7 Å². The molecular weight excluding hydrogens is 444 g/mol. The van der Waals surface area contributed by atoms with Gasteiger partial charge in [0.15, 0.2) is 0 Å². The average Bonchev–Trinajstić information content (AvgIpc) is 3.37. The first-order valence-electron chi connectivity index (χ1n) is 12.3. The molecule has 1 saturated carbocycles. The van der Waals surface area contributed by atoms with E-state index in [1.54, 1.807) is 6.21 Å². The third-order valence-electron chi connectivity index (χ3n) is 5.82. The summed E-state index contributed by atoms with van der Waals surface area (Å²) < 4.78 is 7.22. The smallest absolute Gasteiger partial charge is 0.407 e. The Morgan fingerprint density at radius 1 is 1.20 bits per heavy atom. The molecule has 0 bridgehead atoms. The maximum Gasteiger partial charge on any atom is 0.407 e. The Bertz CT molecular complexity index is 1030. The molecule has 0 radical (unpaired) electrons. The Morgan fingerprint density at radius 3 is 2.57 bits per heavy atom. The molecule has 35 heavy (non-hydrogen) atoms. The molecule has 0 saturated heterocycles. The van der Waals surface area contributed by atoms with Crippen molar-refractivity contribution in [3.05, 3.63) is 35.7 Å². The fourth-order valence-electron chi connectivity index (χ4n) is 4.07. The number of carbonyl (C=O) groups excluding carboxylic acids is 1. The molecule has 2 heterocycles. The summed E-state index contributed by atoms with van der Waals surface area (Å²) in [6, 6.07) is 7.85. The van der Waals surface area contributed by atoms with Crippen LogP contribution in [0.3, 0.4) is 0 Å². The molecule has 0 atom stereocenters. The van der Waals surface area contributed by atoms with Crippen molar-refractivity contribution in [2.24, 2.45) is 5.16 Å². The Balaban J connectivity index is 1.60. The lowest BCUT2D eigenvalue weighted by Crippen LogP contribution is -2.34. The average molecular weight is 485 g/mol. The number of anilines is 2. The molecule has 1 amide bonds. The van der Waals surface area contributed by atoms with Crippen LogP contribution in [0.2, 0.25) is 0 Å². The third kappa shape index (κ3) is 7.70. The zero-order chi connectivity index (χ0) is 25.7. The van der Waals surface area contributed by atoms with Gasteiger partial charge in [0.2, 0.25) is 0 Å². The predicted octanol–water partition coefficient (Wildman–Crippen LogP) is 5.48. The summed E-state index contributed by atoms with van der Waals surface area (Å²) in [6.07, 6.45) is 5.92. The minimum atomic E-state index is -0.533. The number of aromatic nitrogens is 3. The summed E-state index contributed by atoms with van der Waals surface area (Å²) in [4.78, 5) is 21.5. The zero-order valence-electron chi connectivity index (χ0n) is 22.1. The third-order valence-corrected chi connectivity index (χ3v) is 5.82. The normalized spacial score (nSPS) is 15.9. The van der Waals surface area contributed by atoms with Gasteiger partial charge in [-0.2, -0.15) is 5.10 Å². The van der Waals surface area contributed by atoms with Crippen LogP contribution in [-0.2, 0) is 20.5 Å². The van der Waals surface area contributed by atoms with E-state index in [0.717, 1.165) is 11.5 Å². The summed E-state index contributed by atoms with van der Waals surface area (Å²) in [5, 5.41) is 15.0. The Hall–Kier alpha value is -3.10. The number of rotatable bonds is 8. The maximum absolute atomic E-state index is 11.6. The molecule has 3 rings (SSSR count). The zero-order valence-corrected chi connectivity index (χ0v) is 22.1. The first-order valence-corrected chi connectivity index (χ1v) is 12.3. The molecule has 9 nitrogen and oxygen atoms in total. The van der Waals surface area contributed by atoms with Gasteiger partial charge in [-0.25, -0.2) is 14.5 Å². The largest absolute Gasteiger partial charge is 0.444 e. The quantitative estimate of drug-likeness (QED) is 0.292. The lowest BCUT2D eigenvalue weighted by molar-refractivity contribution is 0.0502. The van der Waals surface area contributed by atoms with E-state index in [1.807, 2.05) is 39.0 Å². The minimum Gasteiger partial charge on any atom is -0.444 e. The molecule has 1 fully saturated rings. The van der Waals surface area contributed by atoms with Crippen molar-refractivity contribution in [2.75, 3.05) is 18.5 Å². The van der Waals surface area contributed by atoms with Gasteiger partial charge in [0.05, 0.1) is 29.7 Å². The standard InChI is InChI=1S/C26H40N6O3/c1-24(2,3)32-22(17-20(31-32)26(7)13-8-9-14-26)30-21-12-10-11-19(29-21)18-28-34-16-15-27-23(33)35-25(4,5)6/h10-12,17-18H,8-9,13-16H2,1-7H3,(H,27,33)(H,29,30)/b28-18+. The van der Waals surface area contributed by atoms with Crippen LogP contribution in [0.25, 0.3) is 0 Å². The number of hydrogen-bond acceptors (Lipinski definition) is 7. The summed E-state index contributed by atoms with van der Waals surface area (Å²) in [6.45, 7) is 14.7. The first kappa shape index (κ1) is 26.5. The molecule has 1 aliphatic carbocycles. The molecule has 0 spiro atoms. The number of oxime groups is 1. The highest BCUT2D eigenvalue weighted by Crippen LogP contribution is 2.41. The van der Waals surface area contributed by atoms with Gasteiger partial charge in [-0.05, 0) is 66.5 Å². The van der Waals surface area contributed by atoms with Crippen molar-refractivity contribution in [2.45, 2.75) is 90.7 Å². The molecular formula is C26H40N6O3. The lowest BCUT2D eigenvalue weighted by Gasteiger charge is -2.24.